The molecular formula is C17H21ClN4O2. The summed E-state index contributed by atoms with van der Waals surface area (Å²) >= 11 is 5.86. The first-order valence-electron chi connectivity index (χ1n) is 8.22. The van der Waals surface area contributed by atoms with Gasteiger partial charge >= 0.3 is 0 Å². The molecule has 1 aliphatic carbocycles. The lowest BCUT2D eigenvalue weighted by molar-refractivity contribution is -0.127. The number of halogens is 1. The van der Waals surface area contributed by atoms with E-state index in [4.69, 9.17) is 21.9 Å². The molecule has 1 aliphatic rings. The van der Waals surface area contributed by atoms with Crippen molar-refractivity contribution in [2.24, 2.45) is 5.73 Å². The van der Waals surface area contributed by atoms with Gasteiger partial charge in [0.2, 0.25) is 17.6 Å². The number of nitrogens with two attached hydrogens (primary N) is 1. The molecule has 0 bridgehead atoms. The number of amides is 1. The normalized spacial score (nSPS) is 16.8. The lowest BCUT2D eigenvalue weighted by atomic mass is 9.82. The molecule has 1 saturated carbocycles. The molecule has 7 heteroatoms. The minimum Gasteiger partial charge on any atom is -0.354 e. The molecule has 0 unspecified atom stereocenters. The van der Waals surface area contributed by atoms with Crippen molar-refractivity contribution in [3.63, 3.8) is 0 Å². The Balaban J connectivity index is 1.52. The van der Waals surface area contributed by atoms with Crippen LogP contribution < -0.4 is 11.1 Å². The van der Waals surface area contributed by atoms with Crippen molar-refractivity contribution in [3.8, 4) is 11.4 Å². The fraction of sp³-hybridized carbons (Fsp3) is 0.471. The van der Waals surface area contributed by atoms with E-state index < -0.39 is 5.54 Å². The van der Waals surface area contributed by atoms with Gasteiger partial charge in [-0.25, -0.2) is 0 Å². The maximum absolute atomic E-state index is 12.3. The van der Waals surface area contributed by atoms with E-state index in [9.17, 15) is 4.79 Å². The number of carbonyl (C=O) groups is 1. The number of nitrogens with zero attached hydrogens (tertiary/aromatic N) is 2. The molecule has 1 amide bonds. The van der Waals surface area contributed by atoms with Gasteiger partial charge in [0.25, 0.3) is 0 Å². The third-order valence-electron chi connectivity index (χ3n) is 4.39. The molecule has 0 saturated heterocycles. The highest BCUT2D eigenvalue weighted by Crippen LogP contribution is 2.26. The fourth-order valence-electron chi connectivity index (χ4n) is 2.94. The molecule has 0 radical (unpaired) electrons. The predicted molar refractivity (Wildman–Crippen MR) is 91.5 cm³/mol. The second-order valence-corrected chi connectivity index (χ2v) is 6.68. The monoisotopic (exact) mass is 348 g/mol. The summed E-state index contributed by atoms with van der Waals surface area (Å²) in [4.78, 5) is 16.6. The number of rotatable bonds is 5. The second-order valence-electron chi connectivity index (χ2n) is 6.24. The van der Waals surface area contributed by atoms with Crippen LogP contribution in [0, 0.1) is 0 Å². The van der Waals surface area contributed by atoms with Crippen LogP contribution in [0.1, 0.15) is 38.0 Å². The van der Waals surface area contributed by atoms with Gasteiger partial charge in [0.15, 0.2) is 0 Å². The third-order valence-corrected chi connectivity index (χ3v) is 4.64. The molecular weight excluding hydrogens is 328 g/mol. The predicted octanol–water partition coefficient (Wildman–Crippen LogP) is 2.71. The van der Waals surface area contributed by atoms with Gasteiger partial charge in [0, 0.05) is 23.6 Å². The summed E-state index contributed by atoms with van der Waals surface area (Å²) < 4.78 is 5.23. The number of aromatic nitrogens is 2. The molecule has 0 aliphatic heterocycles. The maximum atomic E-state index is 12.3. The van der Waals surface area contributed by atoms with Crippen LogP contribution in [0.15, 0.2) is 28.8 Å². The van der Waals surface area contributed by atoms with Crippen molar-refractivity contribution in [1.82, 2.24) is 15.5 Å². The van der Waals surface area contributed by atoms with E-state index in [1.54, 1.807) is 12.1 Å². The standard InChI is InChI=1S/C17H21ClN4O2/c18-13-6-4-12(5-7-13)15-21-14(24-22-15)8-11-20-16(23)17(19)9-2-1-3-10-17/h4-7H,1-3,8-11,19H2,(H,20,23). The van der Waals surface area contributed by atoms with Gasteiger partial charge in [0.05, 0.1) is 5.54 Å². The number of hydrogen-bond acceptors (Lipinski definition) is 5. The van der Waals surface area contributed by atoms with Crippen LogP contribution in [0.3, 0.4) is 0 Å². The molecule has 0 atom stereocenters. The first-order valence-corrected chi connectivity index (χ1v) is 8.60. The van der Waals surface area contributed by atoms with Crippen LogP contribution in [0.4, 0.5) is 0 Å². The van der Waals surface area contributed by atoms with Gasteiger partial charge in [-0.15, -0.1) is 0 Å². The maximum Gasteiger partial charge on any atom is 0.240 e. The molecule has 2 aromatic rings. The largest absolute Gasteiger partial charge is 0.354 e. The summed E-state index contributed by atoms with van der Waals surface area (Å²) in [5.74, 6) is 0.908. The summed E-state index contributed by atoms with van der Waals surface area (Å²) in [6.45, 7) is 0.431. The Hall–Kier alpha value is -1.92. The van der Waals surface area contributed by atoms with Crippen LogP contribution in [0.2, 0.25) is 5.02 Å². The van der Waals surface area contributed by atoms with Crippen LogP contribution in [0.25, 0.3) is 11.4 Å². The zero-order valence-corrected chi connectivity index (χ0v) is 14.2. The Kier molecular flexibility index (Phi) is 5.16. The van der Waals surface area contributed by atoms with Crippen LogP contribution in [-0.2, 0) is 11.2 Å². The van der Waals surface area contributed by atoms with E-state index in [0.29, 0.717) is 29.7 Å². The van der Waals surface area contributed by atoms with Crippen LogP contribution in [0.5, 0.6) is 0 Å². The average molecular weight is 349 g/mol. The van der Waals surface area contributed by atoms with E-state index in [1.165, 1.54) is 0 Å². The Labute approximate surface area is 145 Å². The highest BCUT2D eigenvalue weighted by molar-refractivity contribution is 6.30. The molecule has 24 heavy (non-hydrogen) atoms. The van der Waals surface area contributed by atoms with Crippen LogP contribution in [-0.4, -0.2) is 28.1 Å². The SMILES string of the molecule is NC1(C(=O)NCCc2nc(-c3ccc(Cl)cc3)no2)CCCCC1. The first-order chi connectivity index (χ1) is 11.6. The van der Waals surface area contributed by atoms with Gasteiger partial charge in [-0.3, -0.25) is 4.79 Å². The molecule has 0 spiro atoms. The Morgan fingerprint density at radius 3 is 2.67 bits per heavy atom. The lowest BCUT2D eigenvalue weighted by Crippen LogP contribution is -2.55. The molecule has 3 N–H and O–H groups in total. The fourth-order valence-corrected chi connectivity index (χ4v) is 3.07. The van der Waals surface area contributed by atoms with Gasteiger partial charge in [-0.1, -0.05) is 36.0 Å². The zero-order chi connectivity index (χ0) is 17.0. The molecule has 1 aromatic carbocycles. The van der Waals surface area contributed by atoms with Gasteiger partial charge in [-0.05, 0) is 37.1 Å². The second kappa shape index (κ2) is 7.32. The van der Waals surface area contributed by atoms with E-state index in [-0.39, 0.29) is 5.91 Å². The molecule has 1 aromatic heterocycles. The van der Waals surface area contributed by atoms with Crippen molar-refractivity contribution in [2.75, 3.05) is 6.54 Å². The number of carbonyl (C=O) groups excluding carboxylic acids is 1. The third kappa shape index (κ3) is 3.94. The quantitative estimate of drug-likeness (QED) is 0.866. The van der Waals surface area contributed by atoms with E-state index in [0.717, 1.165) is 37.7 Å². The van der Waals surface area contributed by atoms with Crippen molar-refractivity contribution >= 4 is 17.5 Å². The molecule has 3 rings (SSSR count). The summed E-state index contributed by atoms with van der Waals surface area (Å²) in [5.41, 5.74) is 6.31. The van der Waals surface area contributed by atoms with Crippen molar-refractivity contribution < 1.29 is 9.32 Å². The van der Waals surface area contributed by atoms with Gasteiger partial charge < -0.3 is 15.6 Å². The highest BCUT2D eigenvalue weighted by atomic mass is 35.5. The van der Waals surface area contributed by atoms with E-state index >= 15 is 0 Å². The first kappa shape index (κ1) is 16.9. The summed E-state index contributed by atoms with van der Waals surface area (Å²) in [5, 5.41) is 7.50. The minimum absolute atomic E-state index is 0.0837. The number of nitrogens with one attached hydrogen (secondary N) is 1. The van der Waals surface area contributed by atoms with Crippen LogP contribution >= 0.6 is 11.6 Å². The van der Waals surface area contributed by atoms with Crippen molar-refractivity contribution in [2.45, 2.75) is 44.1 Å². The molecule has 1 heterocycles. The molecule has 128 valence electrons. The summed E-state index contributed by atoms with van der Waals surface area (Å²) in [7, 11) is 0. The minimum atomic E-state index is -0.721. The van der Waals surface area contributed by atoms with Crippen molar-refractivity contribution in [1.29, 1.82) is 0 Å². The Morgan fingerprint density at radius 2 is 1.96 bits per heavy atom. The Morgan fingerprint density at radius 1 is 1.25 bits per heavy atom. The summed E-state index contributed by atoms with van der Waals surface area (Å²) in [6.07, 6.45) is 5.15. The smallest absolute Gasteiger partial charge is 0.240 e. The number of benzene rings is 1. The molecule has 1 fully saturated rings. The number of hydrogen-bond donors (Lipinski definition) is 2. The van der Waals surface area contributed by atoms with Gasteiger partial charge in [-0.2, -0.15) is 4.98 Å². The summed E-state index contributed by atoms with van der Waals surface area (Å²) in [6, 6.07) is 7.22. The van der Waals surface area contributed by atoms with Crippen molar-refractivity contribution in [3.05, 3.63) is 35.2 Å². The average Bonchev–Trinajstić information content (AvgIpc) is 3.05. The highest BCUT2D eigenvalue weighted by Gasteiger charge is 2.34. The van der Waals surface area contributed by atoms with Gasteiger partial charge in [0.1, 0.15) is 0 Å². The molecule has 6 nitrogen and oxygen atoms in total. The Bertz CT molecular complexity index is 693. The van der Waals surface area contributed by atoms with E-state index in [2.05, 4.69) is 15.5 Å². The zero-order valence-electron chi connectivity index (χ0n) is 13.4. The van der Waals surface area contributed by atoms with E-state index in [1.807, 2.05) is 12.1 Å². The topological polar surface area (TPSA) is 94.0 Å². The lowest BCUT2D eigenvalue weighted by Gasteiger charge is -2.31.